The van der Waals surface area contributed by atoms with Gasteiger partial charge in [0.1, 0.15) is 0 Å². The van der Waals surface area contributed by atoms with Crippen molar-refractivity contribution in [2.24, 2.45) is 5.92 Å². The second kappa shape index (κ2) is 8.88. The van der Waals surface area contributed by atoms with Crippen molar-refractivity contribution >= 4 is 39.2 Å². The van der Waals surface area contributed by atoms with E-state index >= 15 is 0 Å². The van der Waals surface area contributed by atoms with Gasteiger partial charge in [-0.2, -0.15) is 11.3 Å². The summed E-state index contributed by atoms with van der Waals surface area (Å²) in [6.45, 7) is 0.530. The monoisotopic (exact) mass is 379 g/mol. The van der Waals surface area contributed by atoms with Crippen molar-refractivity contribution in [2.45, 2.75) is 6.42 Å². The van der Waals surface area contributed by atoms with Gasteiger partial charge in [0.05, 0.1) is 0 Å². The lowest BCUT2D eigenvalue weighted by molar-refractivity contribution is -0.116. The van der Waals surface area contributed by atoms with Gasteiger partial charge in [0.25, 0.3) is 0 Å². The van der Waals surface area contributed by atoms with Gasteiger partial charge in [-0.3, -0.25) is 4.79 Å². The summed E-state index contributed by atoms with van der Waals surface area (Å²) in [5.41, 5.74) is 2.17. The van der Waals surface area contributed by atoms with Crippen molar-refractivity contribution < 1.29 is 9.90 Å². The Kier molecular flexibility index (Phi) is 6.83. The van der Waals surface area contributed by atoms with Gasteiger partial charge >= 0.3 is 0 Å². The molecule has 116 valence electrons. The average molecular weight is 380 g/mol. The molecule has 1 amide bonds. The Labute approximate surface area is 142 Å². The third kappa shape index (κ3) is 5.75. The first-order chi connectivity index (χ1) is 10.7. The lowest BCUT2D eigenvalue weighted by atomic mass is 10.0. The van der Waals surface area contributed by atoms with Crippen molar-refractivity contribution in [1.82, 2.24) is 5.32 Å². The van der Waals surface area contributed by atoms with E-state index in [1.165, 1.54) is 11.6 Å². The molecule has 0 aliphatic rings. The fourth-order valence-electron chi connectivity index (χ4n) is 1.99. The van der Waals surface area contributed by atoms with Gasteiger partial charge in [-0.05, 0) is 52.6 Å². The highest BCUT2D eigenvalue weighted by molar-refractivity contribution is 9.10. The highest BCUT2D eigenvalue weighted by Gasteiger charge is 2.09. The maximum absolute atomic E-state index is 11.8. The molecule has 2 rings (SSSR count). The van der Waals surface area contributed by atoms with Gasteiger partial charge in [0, 0.05) is 29.6 Å². The molecule has 0 spiro atoms. The Morgan fingerprint density at radius 3 is 2.73 bits per heavy atom. The van der Waals surface area contributed by atoms with E-state index in [1.807, 2.05) is 35.7 Å². The SMILES string of the molecule is O=C(C=Cc1ccc(Br)cc1)NCC(CO)Cc1ccsc1. The normalized spacial score (nSPS) is 12.5. The molecular formula is C17H18BrNO2S. The van der Waals surface area contributed by atoms with Crippen molar-refractivity contribution in [2.75, 3.05) is 13.2 Å². The van der Waals surface area contributed by atoms with Crippen LogP contribution in [-0.4, -0.2) is 24.2 Å². The van der Waals surface area contributed by atoms with Gasteiger partial charge in [-0.15, -0.1) is 0 Å². The predicted molar refractivity (Wildman–Crippen MR) is 94.8 cm³/mol. The molecule has 2 N–H and O–H groups in total. The molecule has 1 aromatic heterocycles. The van der Waals surface area contributed by atoms with E-state index in [1.54, 1.807) is 17.4 Å². The minimum absolute atomic E-state index is 0.0413. The maximum Gasteiger partial charge on any atom is 0.244 e. The van der Waals surface area contributed by atoms with Gasteiger partial charge < -0.3 is 10.4 Å². The highest BCUT2D eigenvalue weighted by Crippen LogP contribution is 2.12. The van der Waals surface area contributed by atoms with Crippen LogP contribution in [0, 0.1) is 5.92 Å². The number of carbonyl (C=O) groups excluding carboxylic acids is 1. The van der Waals surface area contributed by atoms with E-state index in [0.717, 1.165) is 16.5 Å². The zero-order valence-electron chi connectivity index (χ0n) is 12.0. The van der Waals surface area contributed by atoms with Crippen molar-refractivity contribution in [3.05, 3.63) is 62.8 Å². The molecule has 0 saturated heterocycles. The summed E-state index contributed by atoms with van der Waals surface area (Å²) in [6, 6.07) is 9.77. The Balaban J connectivity index is 1.79. The number of halogens is 1. The van der Waals surface area contributed by atoms with Crippen LogP contribution in [0.1, 0.15) is 11.1 Å². The first-order valence-electron chi connectivity index (χ1n) is 7.01. The van der Waals surface area contributed by atoms with Gasteiger partial charge in [-0.1, -0.05) is 28.1 Å². The second-order valence-electron chi connectivity index (χ2n) is 5.01. The maximum atomic E-state index is 11.8. The molecule has 1 heterocycles. The minimum atomic E-state index is -0.147. The molecule has 0 aliphatic heterocycles. The zero-order valence-corrected chi connectivity index (χ0v) is 14.4. The largest absolute Gasteiger partial charge is 0.396 e. The molecule has 0 fully saturated rings. The number of amides is 1. The number of carbonyl (C=O) groups is 1. The third-order valence-electron chi connectivity index (χ3n) is 3.22. The van der Waals surface area contributed by atoms with Gasteiger partial charge in [-0.25, -0.2) is 0 Å². The Morgan fingerprint density at radius 1 is 1.32 bits per heavy atom. The number of hydrogen-bond acceptors (Lipinski definition) is 3. The highest BCUT2D eigenvalue weighted by atomic mass is 79.9. The Morgan fingerprint density at radius 2 is 2.09 bits per heavy atom. The summed E-state index contributed by atoms with van der Waals surface area (Å²) in [5, 5.41) is 16.3. The number of aliphatic hydroxyl groups is 1. The lowest BCUT2D eigenvalue weighted by Crippen LogP contribution is -2.30. The summed E-state index contributed by atoms with van der Waals surface area (Å²) < 4.78 is 1.01. The van der Waals surface area contributed by atoms with E-state index in [4.69, 9.17) is 0 Å². The predicted octanol–water partition coefficient (Wildman–Crippen LogP) is 3.49. The molecule has 5 heteroatoms. The average Bonchev–Trinajstić information content (AvgIpc) is 3.03. The lowest BCUT2D eigenvalue weighted by Gasteiger charge is -2.13. The Hall–Kier alpha value is -1.43. The summed E-state index contributed by atoms with van der Waals surface area (Å²) in [5.74, 6) is -0.105. The van der Waals surface area contributed by atoms with E-state index in [-0.39, 0.29) is 18.4 Å². The molecule has 2 aromatic rings. The molecule has 22 heavy (non-hydrogen) atoms. The number of hydrogen-bond donors (Lipinski definition) is 2. The van der Waals surface area contributed by atoms with Crippen molar-refractivity contribution in [3.63, 3.8) is 0 Å². The molecule has 1 atom stereocenters. The van der Waals surface area contributed by atoms with Crippen LogP contribution in [0.25, 0.3) is 6.08 Å². The molecule has 1 aromatic carbocycles. The van der Waals surface area contributed by atoms with Crippen molar-refractivity contribution in [3.8, 4) is 0 Å². The molecule has 0 saturated carbocycles. The first kappa shape index (κ1) is 16.9. The van der Waals surface area contributed by atoms with Crippen LogP contribution in [0.15, 0.2) is 51.6 Å². The smallest absolute Gasteiger partial charge is 0.244 e. The molecule has 0 aliphatic carbocycles. The standard InChI is InChI=1S/C17H18BrNO2S/c18-16-4-1-13(2-5-16)3-6-17(21)19-10-15(11-20)9-14-7-8-22-12-14/h1-8,12,15,20H,9-11H2,(H,19,21). The van der Waals surface area contributed by atoms with Crippen LogP contribution >= 0.6 is 27.3 Å². The van der Waals surface area contributed by atoms with Gasteiger partial charge in [0.15, 0.2) is 0 Å². The number of thiophene rings is 1. The van der Waals surface area contributed by atoms with E-state index in [9.17, 15) is 9.90 Å². The number of benzene rings is 1. The van der Waals surface area contributed by atoms with E-state index in [0.29, 0.717) is 6.54 Å². The number of rotatable bonds is 7. The Bertz CT molecular complexity index is 608. The van der Waals surface area contributed by atoms with Crippen LogP contribution < -0.4 is 5.32 Å². The number of aliphatic hydroxyl groups excluding tert-OH is 1. The molecular weight excluding hydrogens is 362 g/mol. The topological polar surface area (TPSA) is 49.3 Å². The first-order valence-corrected chi connectivity index (χ1v) is 8.74. The fraction of sp³-hybridized carbons (Fsp3) is 0.235. The minimum Gasteiger partial charge on any atom is -0.396 e. The second-order valence-corrected chi connectivity index (χ2v) is 6.71. The van der Waals surface area contributed by atoms with Crippen LogP contribution in [0.5, 0.6) is 0 Å². The van der Waals surface area contributed by atoms with Crippen LogP contribution in [0.4, 0.5) is 0 Å². The molecule has 1 unspecified atom stereocenters. The summed E-state index contributed by atoms with van der Waals surface area (Å²) in [4.78, 5) is 11.8. The van der Waals surface area contributed by atoms with Crippen LogP contribution in [0.3, 0.4) is 0 Å². The van der Waals surface area contributed by atoms with Crippen LogP contribution in [0.2, 0.25) is 0 Å². The van der Waals surface area contributed by atoms with E-state index < -0.39 is 0 Å². The molecule has 0 bridgehead atoms. The van der Waals surface area contributed by atoms with Crippen LogP contribution in [-0.2, 0) is 11.2 Å². The fourth-order valence-corrected chi connectivity index (χ4v) is 2.94. The number of nitrogens with one attached hydrogen (secondary N) is 1. The molecule has 3 nitrogen and oxygen atoms in total. The van der Waals surface area contributed by atoms with Gasteiger partial charge in [0.2, 0.25) is 5.91 Å². The summed E-state index contributed by atoms with van der Waals surface area (Å²) >= 11 is 5.01. The molecule has 0 radical (unpaired) electrons. The summed E-state index contributed by atoms with van der Waals surface area (Å²) in [6.07, 6.45) is 4.06. The third-order valence-corrected chi connectivity index (χ3v) is 4.49. The zero-order chi connectivity index (χ0) is 15.8. The quantitative estimate of drug-likeness (QED) is 0.723. The van der Waals surface area contributed by atoms with Crippen molar-refractivity contribution in [1.29, 1.82) is 0 Å². The summed E-state index contributed by atoms with van der Waals surface area (Å²) in [7, 11) is 0. The van der Waals surface area contributed by atoms with E-state index in [2.05, 4.69) is 26.6 Å².